The zero-order chi connectivity index (χ0) is 23.7. The summed E-state index contributed by atoms with van der Waals surface area (Å²) in [4.78, 5) is 30.9. The summed E-state index contributed by atoms with van der Waals surface area (Å²) >= 11 is 0. The molecule has 0 radical (unpaired) electrons. The molecule has 2 aromatic heterocycles. The van der Waals surface area contributed by atoms with Crippen LogP contribution in [-0.4, -0.2) is 46.2 Å². The lowest BCUT2D eigenvalue weighted by Gasteiger charge is -2.15. The number of para-hydroxylation sites is 1. The molecule has 3 heterocycles. The minimum absolute atomic E-state index is 0.0193. The maximum absolute atomic E-state index is 13.4. The number of hydrogen-bond acceptors (Lipinski definition) is 8. The molecular weight excluding hydrogens is 440 g/mol. The number of rotatable bonds is 7. The van der Waals surface area contributed by atoms with E-state index in [1.54, 1.807) is 56.7 Å². The molecule has 0 bridgehead atoms. The van der Waals surface area contributed by atoms with E-state index in [1.165, 1.54) is 9.13 Å². The SMILES string of the molecule is COc1ccc(-c2noc(Cn3c(=O)n(C[C@@H]4CCCO4)c(=O)c4ccccc43)n2)cc1OC. The molecule has 0 amide bonds. The molecule has 1 fully saturated rings. The summed E-state index contributed by atoms with van der Waals surface area (Å²) in [5, 5.41) is 4.50. The molecule has 1 atom stereocenters. The van der Waals surface area contributed by atoms with E-state index in [1.807, 2.05) is 0 Å². The van der Waals surface area contributed by atoms with Crippen LogP contribution in [0.25, 0.3) is 22.3 Å². The van der Waals surface area contributed by atoms with Crippen LogP contribution in [0, 0.1) is 0 Å². The van der Waals surface area contributed by atoms with Gasteiger partial charge in [0.25, 0.3) is 5.56 Å². The van der Waals surface area contributed by atoms with Gasteiger partial charge < -0.3 is 18.7 Å². The molecule has 0 N–H and O–H groups in total. The van der Waals surface area contributed by atoms with Crippen LogP contribution < -0.4 is 20.7 Å². The third-order valence-electron chi connectivity index (χ3n) is 5.95. The maximum Gasteiger partial charge on any atom is 0.332 e. The molecule has 176 valence electrons. The van der Waals surface area contributed by atoms with E-state index in [0.29, 0.717) is 40.4 Å². The van der Waals surface area contributed by atoms with Gasteiger partial charge >= 0.3 is 5.69 Å². The van der Waals surface area contributed by atoms with Gasteiger partial charge in [0.05, 0.1) is 37.8 Å². The highest BCUT2D eigenvalue weighted by Gasteiger charge is 2.21. The van der Waals surface area contributed by atoms with Crippen molar-refractivity contribution < 1.29 is 18.7 Å². The zero-order valence-corrected chi connectivity index (χ0v) is 18.9. The molecule has 0 aliphatic carbocycles. The Bertz CT molecular complexity index is 1450. The molecule has 4 aromatic rings. The van der Waals surface area contributed by atoms with Crippen LogP contribution in [0.15, 0.2) is 56.6 Å². The molecule has 0 spiro atoms. The van der Waals surface area contributed by atoms with Gasteiger partial charge in [-0.3, -0.25) is 13.9 Å². The molecular formula is C24H24N4O6. The highest BCUT2D eigenvalue weighted by molar-refractivity contribution is 5.77. The molecule has 34 heavy (non-hydrogen) atoms. The van der Waals surface area contributed by atoms with Crippen molar-refractivity contribution in [2.24, 2.45) is 0 Å². The predicted octanol–water partition coefficient (Wildman–Crippen LogP) is 2.46. The van der Waals surface area contributed by atoms with E-state index >= 15 is 0 Å². The van der Waals surface area contributed by atoms with Gasteiger partial charge in [0, 0.05) is 12.2 Å². The number of benzene rings is 2. The van der Waals surface area contributed by atoms with Crippen LogP contribution in [-0.2, 0) is 17.8 Å². The number of methoxy groups -OCH3 is 2. The van der Waals surface area contributed by atoms with Crippen LogP contribution in [0.1, 0.15) is 18.7 Å². The van der Waals surface area contributed by atoms with Crippen molar-refractivity contribution in [1.82, 2.24) is 19.3 Å². The van der Waals surface area contributed by atoms with Crippen molar-refractivity contribution in [3.63, 3.8) is 0 Å². The molecule has 10 nitrogen and oxygen atoms in total. The number of nitrogens with zero attached hydrogens (tertiary/aromatic N) is 4. The molecule has 1 aliphatic rings. The Balaban J connectivity index is 1.53. The Morgan fingerprint density at radius 3 is 2.65 bits per heavy atom. The molecule has 0 unspecified atom stereocenters. The number of fused-ring (bicyclic) bond motifs is 1. The van der Waals surface area contributed by atoms with E-state index in [4.69, 9.17) is 18.7 Å². The molecule has 5 rings (SSSR count). The Kier molecular flexibility index (Phi) is 5.89. The largest absolute Gasteiger partial charge is 0.493 e. The lowest BCUT2D eigenvalue weighted by atomic mass is 10.2. The highest BCUT2D eigenvalue weighted by atomic mass is 16.5. The van der Waals surface area contributed by atoms with Gasteiger partial charge in [0.1, 0.15) is 6.54 Å². The Hall–Kier alpha value is -3.92. The molecule has 10 heteroatoms. The monoisotopic (exact) mass is 464 g/mol. The van der Waals surface area contributed by atoms with Crippen molar-refractivity contribution in [3.05, 3.63) is 69.2 Å². The third kappa shape index (κ3) is 3.96. The maximum atomic E-state index is 13.4. The van der Waals surface area contributed by atoms with Gasteiger partial charge in [-0.25, -0.2) is 4.79 Å². The first-order valence-corrected chi connectivity index (χ1v) is 11.0. The zero-order valence-electron chi connectivity index (χ0n) is 18.9. The second-order valence-electron chi connectivity index (χ2n) is 8.02. The van der Waals surface area contributed by atoms with Crippen LogP contribution in [0.5, 0.6) is 11.5 Å². The van der Waals surface area contributed by atoms with Crippen molar-refractivity contribution in [1.29, 1.82) is 0 Å². The van der Waals surface area contributed by atoms with E-state index in [-0.39, 0.29) is 30.6 Å². The summed E-state index contributed by atoms with van der Waals surface area (Å²) < 4.78 is 24.5. The Labute approximate surface area is 194 Å². The first-order chi connectivity index (χ1) is 16.6. The van der Waals surface area contributed by atoms with Crippen molar-refractivity contribution in [3.8, 4) is 22.9 Å². The Morgan fingerprint density at radius 2 is 1.88 bits per heavy atom. The average Bonchev–Trinajstić information content (AvgIpc) is 3.56. The summed E-state index contributed by atoms with van der Waals surface area (Å²) in [5.74, 6) is 1.71. The minimum Gasteiger partial charge on any atom is -0.493 e. The van der Waals surface area contributed by atoms with Crippen molar-refractivity contribution in [2.75, 3.05) is 20.8 Å². The lowest BCUT2D eigenvalue weighted by molar-refractivity contribution is 0.0948. The smallest absolute Gasteiger partial charge is 0.332 e. The van der Waals surface area contributed by atoms with E-state index < -0.39 is 5.69 Å². The topological polar surface area (TPSA) is 111 Å². The van der Waals surface area contributed by atoms with Crippen LogP contribution in [0.2, 0.25) is 0 Å². The highest BCUT2D eigenvalue weighted by Crippen LogP contribution is 2.31. The third-order valence-corrected chi connectivity index (χ3v) is 5.95. The first kappa shape index (κ1) is 21.9. The summed E-state index contributed by atoms with van der Waals surface area (Å²) in [6, 6.07) is 12.3. The van der Waals surface area contributed by atoms with Gasteiger partial charge in [-0.2, -0.15) is 4.98 Å². The van der Waals surface area contributed by atoms with E-state index in [9.17, 15) is 9.59 Å². The number of aromatic nitrogens is 4. The average molecular weight is 464 g/mol. The van der Waals surface area contributed by atoms with Crippen LogP contribution >= 0.6 is 0 Å². The second-order valence-corrected chi connectivity index (χ2v) is 8.02. The molecule has 1 saturated heterocycles. The second kappa shape index (κ2) is 9.14. The summed E-state index contributed by atoms with van der Waals surface area (Å²) in [7, 11) is 3.11. The molecule has 0 saturated carbocycles. The predicted molar refractivity (Wildman–Crippen MR) is 123 cm³/mol. The fourth-order valence-corrected chi connectivity index (χ4v) is 4.22. The van der Waals surface area contributed by atoms with Gasteiger partial charge in [0.15, 0.2) is 11.5 Å². The molecule has 1 aliphatic heterocycles. The van der Waals surface area contributed by atoms with Gasteiger partial charge in [-0.05, 0) is 43.2 Å². The van der Waals surface area contributed by atoms with E-state index in [0.717, 1.165) is 12.8 Å². The van der Waals surface area contributed by atoms with Crippen LogP contribution in [0.3, 0.4) is 0 Å². The first-order valence-electron chi connectivity index (χ1n) is 11.0. The lowest BCUT2D eigenvalue weighted by Crippen LogP contribution is -2.42. The molecule has 2 aromatic carbocycles. The van der Waals surface area contributed by atoms with Gasteiger partial charge in [-0.15, -0.1) is 0 Å². The standard InChI is InChI=1S/C24H24N4O6/c1-31-19-10-9-15(12-20(19)32-2)22-25-21(34-26-22)14-27-18-8-4-3-7-17(18)23(29)28(24(27)30)13-16-6-5-11-33-16/h3-4,7-10,12,16H,5-6,11,13-14H2,1-2H3/t16-/m0/s1. The van der Waals surface area contributed by atoms with E-state index in [2.05, 4.69) is 10.1 Å². The van der Waals surface area contributed by atoms with Crippen molar-refractivity contribution in [2.45, 2.75) is 32.0 Å². The number of hydrogen-bond donors (Lipinski definition) is 0. The summed E-state index contributed by atoms with van der Waals surface area (Å²) in [6.45, 7) is 0.872. The Morgan fingerprint density at radius 1 is 1.06 bits per heavy atom. The van der Waals surface area contributed by atoms with Crippen molar-refractivity contribution >= 4 is 10.9 Å². The van der Waals surface area contributed by atoms with Crippen LogP contribution in [0.4, 0.5) is 0 Å². The fraction of sp³-hybridized carbons (Fsp3) is 0.333. The number of ether oxygens (including phenoxy) is 3. The van der Waals surface area contributed by atoms with Gasteiger partial charge in [0.2, 0.25) is 11.7 Å². The quantitative estimate of drug-likeness (QED) is 0.410. The summed E-state index contributed by atoms with van der Waals surface area (Å²) in [5.41, 5.74) is 0.411. The van der Waals surface area contributed by atoms with Gasteiger partial charge in [-0.1, -0.05) is 17.3 Å². The summed E-state index contributed by atoms with van der Waals surface area (Å²) in [6.07, 6.45) is 1.58. The fourth-order valence-electron chi connectivity index (χ4n) is 4.22. The minimum atomic E-state index is -0.440. The normalized spacial score (nSPS) is 15.6.